The molecule has 2 amide bonds. The van der Waals surface area contributed by atoms with E-state index in [0.717, 1.165) is 4.90 Å². The third-order valence-corrected chi connectivity index (χ3v) is 4.37. The van der Waals surface area contributed by atoms with E-state index >= 15 is 0 Å². The number of rotatable bonds is 6. The van der Waals surface area contributed by atoms with E-state index in [4.69, 9.17) is 25.8 Å². The third kappa shape index (κ3) is 3.29. The zero-order valence-electron chi connectivity index (χ0n) is 14.9. The molecule has 0 unspecified atom stereocenters. The van der Waals surface area contributed by atoms with Crippen molar-refractivity contribution < 1.29 is 23.8 Å². The van der Waals surface area contributed by atoms with Crippen LogP contribution in [-0.2, 0) is 9.59 Å². The number of hydrogen-bond donors (Lipinski definition) is 1. The molecule has 1 aliphatic rings. The van der Waals surface area contributed by atoms with E-state index in [1.54, 1.807) is 42.5 Å². The van der Waals surface area contributed by atoms with Crippen molar-refractivity contribution in [1.29, 1.82) is 0 Å². The highest BCUT2D eigenvalue weighted by atomic mass is 35.5. The summed E-state index contributed by atoms with van der Waals surface area (Å²) in [5, 5.41) is 2.67. The maximum atomic E-state index is 12.9. The predicted molar refractivity (Wildman–Crippen MR) is 102 cm³/mol. The maximum Gasteiger partial charge on any atom is 0.283 e. The van der Waals surface area contributed by atoms with Crippen molar-refractivity contribution >= 4 is 34.8 Å². The molecule has 7 nitrogen and oxygen atoms in total. The Morgan fingerprint density at radius 1 is 0.889 bits per heavy atom. The maximum absolute atomic E-state index is 12.9. The average Bonchev–Trinajstić information content (AvgIpc) is 2.91. The van der Waals surface area contributed by atoms with Gasteiger partial charge in [-0.15, -0.1) is 0 Å². The monoisotopic (exact) mass is 388 g/mol. The normalized spacial score (nSPS) is 13.9. The van der Waals surface area contributed by atoms with Crippen LogP contribution in [0, 0.1) is 0 Å². The van der Waals surface area contributed by atoms with Gasteiger partial charge in [-0.2, -0.15) is 0 Å². The second-order valence-corrected chi connectivity index (χ2v) is 5.88. The summed E-state index contributed by atoms with van der Waals surface area (Å²) in [5.41, 5.74) is 0.733. The number of anilines is 2. The van der Waals surface area contributed by atoms with E-state index < -0.39 is 11.8 Å². The summed E-state index contributed by atoms with van der Waals surface area (Å²) in [5.74, 6) is 0.171. The van der Waals surface area contributed by atoms with Crippen LogP contribution in [0.1, 0.15) is 0 Å². The first kappa shape index (κ1) is 18.6. The van der Waals surface area contributed by atoms with Crippen molar-refractivity contribution in [3.63, 3.8) is 0 Å². The number of carbonyl (C=O) groups excluding carboxylic acids is 2. The molecule has 0 fully saturated rings. The molecule has 0 bridgehead atoms. The molecule has 3 rings (SSSR count). The predicted octanol–water partition coefficient (Wildman–Crippen LogP) is 3.15. The number of amides is 2. The first-order valence-electron chi connectivity index (χ1n) is 7.92. The second-order valence-electron chi connectivity index (χ2n) is 5.50. The minimum absolute atomic E-state index is 0.0453. The number of carbonyl (C=O) groups is 2. The Morgan fingerprint density at radius 3 is 2.26 bits per heavy atom. The quantitative estimate of drug-likeness (QED) is 0.766. The van der Waals surface area contributed by atoms with E-state index in [9.17, 15) is 9.59 Å². The van der Waals surface area contributed by atoms with Crippen molar-refractivity contribution in [2.24, 2.45) is 0 Å². The Bertz CT molecular complexity index is 941. The molecule has 27 heavy (non-hydrogen) atoms. The highest BCUT2D eigenvalue weighted by Gasteiger charge is 2.40. The molecule has 0 aromatic heterocycles. The van der Waals surface area contributed by atoms with Gasteiger partial charge in [-0.1, -0.05) is 23.7 Å². The average molecular weight is 389 g/mol. The summed E-state index contributed by atoms with van der Waals surface area (Å²) < 4.78 is 15.7. The van der Waals surface area contributed by atoms with E-state index in [-0.39, 0.29) is 10.7 Å². The SMILES string of the molecule is COc1ccc(NC2=C(Cl)C(=O)N(c3ccccc3OC)C2=O)c(OC)c1. The van der Waals surface area contributed by atoms with Crippen LogP contribution >= 0.6 is 11.6 Å². The lowest BCUT2D eigenvalue weighted by Crippen LogP contribution is -2.32. The molecule has 8 heteroatoms. The van der Waals surface area contributed by atoms with E-state index in [1.165, 1.54) is 21.3 Å². The fourth-order valence-electron chi connectivity index (χ4n) is 2.68. The lowest BCUT2D eigenvalue weighted by Gasteiger charge is -2.18. The molecule has 0 saturated heterocycles. The van der Waals surface area contributed by atoms with Crippen LogP contribution < -0.4 is 24.4 Å². The molecule has 140 valence electrons. The zero-order chi connectivity index (χ0) is 19.6. The van der Waals surface area contributed by atoms with Gasteiger partial charge in [-0.25, -0.2) is 4.90 Å². The topological polar surface area (TPSA) is 77.1 Å². The summed E-state index contributed by atoms with van der Waals surface area (Å²) in [6.07, 6.45) is 0. The van der Waals surface area contributed by atoms with Crippen molar-refractivity contribution in [2.45, 2.75) is 0 Å². The van der Waals surface area contributed by atoms with Gasteiger partial charge in [0.2, 0.25) is 0 Å². The molecule has 0 radical (unpaired) electrons. The van der Waals surface area contributed by atoms with Gasteiger partial charge in [-0.05, 0) is 24.3 Å². The number of ether oxygens (including phenoxy) is 3. The zero-order valence-corrected chi connectivity index (χ0v) is 15.7. The summed E-state index contributed by atoms with van der Waals surface area (Å²) >= 11 is 6.17. The Balaban J connectivity index is 1.96. The van der Waals surface area contributed by atoms with Gasteiger partial charge in [0, 0.05) is 6.07 Å². The third-order valence-electron chi connectivity index (χ3n) is 4.02. The Kier molecular flexibility index (Phi) is 5.23. The number of para-hydroxylation sites is 2. The lowest BCUT2D eigenvalue weighted by molar-refractivity contribution is -0.120. The van der Waals surface area contributed by atoms with Crippen LogP contribution in [0.2, 0.25) is 0 Å². The number of hydrogen-bond acceptors (Lipinski definition) is 6. The van der Waals surface area contributed by atoms with Crippen molar-refractivity contribution in [1.82, 2.24) is 0 Å². The number of halogens is 1. The molecule has 1 heterocycles. The van der Waals surface area contributed by atoms with Gasteiger partial charge >= 0.3 is 0 Å². The molecular weight excluding hydrogens is 372 g/mol. The lowest BCUT2D eigenvalue weighted by atomic mass is 10.2. The Labute approximate surface area is 161 Å². The van der Waals surface area contributed by atoms with Crippen LogP contribution in [0.5, 0.6) is 17.2 Å². The molecule has 0 aliphatic carbocycles. The highest BCUT2D eigenvalue weighted by Crippen LogP contribution is 2.37. The molecular formula is C19H17ClN2O5. The van der Waals surface area contributed by atoms with E-state index in [2.05, 4.69) is 5.32 Å². The van der Waals surface area contributed by atoms with Gasteiger partial charge in [0.25, 0.3) is 11.8 Å². The van der Waals surface area contributed by atoms with Crippen LogP contribution in [0.4, 0.5) is 11.4 Å². The van der Waals surface area contributed by atoms with Crippen LogP contribution in [0.25, 0.3) is 0 Å². The summed E-state index contributed by atoms with van der Waals surface area (Å²) in [7, 11) is 4.48. The fourth-order valence-corrected chi connectivity index (χ4v) is 2.89. The van der Waals surface area contributed by atoms with Gasteiger partial charge in [0.05, 0.1) is 32.7 Å². The second kappa shape index (κ2) is 7.59. The standard InChI is InChI=1S/C19H17ClN2O5/c1-25-11-8-9-12(15(10-11)27-3)21-17-16(20)18(23)22(19(17)24)13-6-4-5-7-14(13)26-2/h4-10,21H,1-3H3. The molecule has 0 spiro atoms. The Hall–Kier alpha value is -3.19. The molecule has 2 aromatic rings. The number of nitrogens with one attached hydrogen (secondary N) is 1. The van der Waals surface area contributed by atoms with E-state index in [0.29, 0.717) is 28.6 Å². The van der Waals surface area contributed by atoms with Gasteiger partial charge in [0.1, 0.15) is 28.0 Å². The number of nitrogens with zero attached hydrogens (tertiary/aromatic N) is 1. The first-order valence-corrected chi connectivity index (χ1v) is 8.30. The Morgan fingerprint density at radius 2 is 1.59 bits per heavy atom. The number of benzene rings is 2. The minimum atomic E-state index is -0.638. The van der Waals surface area contributed by atoms with Crippen LogP contribution in [0.15, 0.2) is 53.2 Å². The van der Waals surface area contributed by atoms with Gasteiger partial charge in [0.15, 0.2) is 0 Å². The first-order chi connectivity index (χ1) is 13.0. The van der Waals surface area contributed by atoms with Gasteiger partial charge in [-0.3, -0.25) is 9.59 Å². The minimum Gasteiger partial charge on any atom is -0.497 e. The van der Waals surface area contributed by atoms with Crippen molar-refractivity contribution in [3.8, 4) is 17.2 Å². The number of imide groups is 1. The molecule has 1 aliphatic heterocycles. The molecule has 0 saturated carbocycles. The van der Waals surface area contributed by atoms with E-state index in [1.807, 2.05) is 0 Å². The van der Waals surface area contributed by atoms with Crippen LogP contribution in [0.3, 0.4) is 0 Å². The smallest absolute Gasteiger partial charge is 0.283 e. The van der Waals surface area contributed by atoms with Gasteiger partial charge < -0.3 is 19.5 Å². The molecule has 2 aromatic carbocycles. The largest absolute Gasteiger partial charge is 0.497 e. The number of methoxy groups -OCH3 is 3. The fraction of sp³-hybridized carbons (Fsp3) is 0.158. The summed E-state index contributed by atoms with van der Waals surface area (Å²) in [6.45, 7) is 0. The summed E-state index contributed by atoms with van der Waals surface area (Å²) in [6, 6.07) is 11.7. The summed E-state index contributed by atoms with van der Waals surface area (Å²) in [4.78, 5) is 26.5. The molecule has 0 atom stereocenters. The highest BCUT2D eigenvalue weighted by molar-refractivity contribution is 6.53. The van der Waals surface area contributed by atoms with Crippen molar-refractivity contribution in [2.75, 3.05) is 31.5 Å². The molecule has 1 N–H and O–H groups in total. The van der Waals surface area contributed by atoms with Crippen molar-refractivity contribution in [3.05, 3.63) is 53.2 Å². The van der Waals surface area contributed by atoms with Crippen LogP contribution in [-0.4, -0.2) is 33.1 Å².